The summed E-state index contributed by atoms with van der Waals surface area (Å²) in [5.74, 6) is 0.744. The van der Waals surface area contributed by atoms with Crippen molar-refractivity contribution in [3.05, 3.63) is 71.8 Å². The van der Waals surface area contributed by atoms with Crippen LogP contribution in [0.15, 0.2) is 71.1 Å². The van der Waals surface area contributed by atoms with Gasteiger partial charge in [0, 0.05) is 31.2 Å². The maximum Gasteiger partial charge on any atom is 0.159 e. The Morgan fingerprint density at radius 1 is 1.00 bits per heavy atom. The summed E-state index contributed by atoms with van der Waals surface area (Å²) >= 11 is 7.48. The highest BCUT2D eigenvalue weighted by atomic mass is 35.5. The Hall–Kier alpha value is -2.74. The van der Waals surface area contributed by atoms with Crippen LogP contribution in [-0.4, -0.2) is 29.6 Å². The Morgan fingerprint density at radius 3 is 2.43 bits per heavy atom. The molecule has 0 aliphatic rings. The van der Waals surface area contributed by atoms with Gasteiger partial charge in [-0.3, -0.25) is 9.97 Å². The van der Waals surface area contributed by atoms with Crippen LogP contribution in [0.2, 0.25) is 5.02 Å². The summed E-state index contributed by atoms with van der Waals surface area (Å²) in [5, 5.41) is 12.5. The van der Waals surface area contributed by atoms with E-state index in [4.69, 9.17) is 16.6 Å². The zero-order chi connectivity index (χ0) is 21.3. The first kappa shape index (κ1) is 20.5. The Kier molecular flexibility index (Phi) is 5.60. The molecule has 0 atom stereocenters. The molecule has 30 heavy (non-hydrogen) atoms. The third-order valence-electron chi connectivity index (χ3n) is 4.50. The summed E-state index contributed by atoms with van der Waals surface area (Å²) in [5.41, 5.74) is 1.98. The molecule has 6 nitrogen and oxygen atoms in total. The van der Waals surface area contributed by atoms with Gasteiger partial charge in [0.2, 0.25) is 0 Å². The maximum atomic E-state index is 10.2. The van der Waals surface area contributed by atoms with Crippen LogP contribution in [0.1, 0.15) is 19.5 Å². The van der Waals surface area contributed by atoms with Crippen molar-refractivity contribution >= 4 is 23.4 Å². The lowest BCUT2D eigenvalue weighted by molar-refractivity contribution is 0.0739. The van der Waals surface area contributed by atoms with Crippen LogP contribution in [0.5, 0.6) is 0 Å². The standard InChI is InChI=1S/C22H20ClN5OS/c1-22(2,29)17-9-7-14(12-25-17)19-21(30-18-10-8-15(23)13-26-18)28(3)20(27-19)16-6-4-5-11-24-16/h4-13,29H,1-3H3. The molecule has 4 aromatic heterocycles. The van der Waals surface area contributed by atoms with Gasteiger partial charge in [-0.2, -0.15) is 0 Å². The molecule has 1 N–H and O–H groups in total. The second-order valence-corrected chi connectivity index (χ2v) is 8.72. The number of rotatable bonds is 5. The number of aromatic nitrogens is 5. The molecule has 0 amide bonds. The van der Waals surface area contributed by atoms with Gasteiger partial charge < -0.3 is 9.67 Å². The van der Waals surface area contributed by atoms with Crippen molar-refractivity contribution in [1.29, 1.82) is 0 Å². The Bertz CT molecular complexity index is 1150. The minimum atomic E-state index is -1.01. The van der Waals surface area contributed by atoms with Gasteiger partial charge >= 0.3 is 0 Å². The molecule has 0 bridgehead atoms. The lowest BCUT2D eigenvalue weighted by Gasteiger charge is -2.16. The van der Waals surface area contributed by atoms with Crippen molar-refractivity contribution in [2.75, 3.05) is 0 Å². The molecule has 0 fully saturated rings. The van der Waals surface area contributed by atoms with Crippen LogP contribution in [-0.2, 0) is 12.6 Å². The van der Waals surface area contributed by atoms with Crippen molar-refractivity contribution in [3.8, 4) is 22.8 Å². The highest BCUT2D eigenvalue weighted by Gasteiger charge is 2.22. The molecule has 0 aliphatic heterocycles. The molecule has 0 saturated carbocycles. The highest BCUT2D eigenvalue weighted by Crippen LogP contribution is 2.37. The topological polar surface area (TPSA) is 76.7 Å². The number of imidazole rings is 1. The quantitative estimate of drug-likeness (QED) is 0.475. The first-order valence-corrected chi connectivity index (χ1v) is 10.5. The van der Waals surface area contributed by atoms with E-state index in [1.807, 2.05) is 54.1 Å². The number of hydrogen-bond acceptors (Lipinski definition) is 6. The normalized spacial score (nSPS) is 11.6. The van der Waals surface area contributed by atoms with Gasteiger partial charge in [-0.15, -0.1) is 0 Å². The maximum absolute atomic E-state index is 10.2. The van der Waals surface area contributed by atoms with Crippen LogP contribution >= 0.6 is 23.4 Å². The van der Waals surface area contributed by atoms with Crippen molar-refractivity contribution in [3.63, 3.8) is 0 Å². The van der Waals surface area contributed by atoms with Crippen molar-refractivity contribution in [2.24, 2.45) is 7.05 Å². The minimum Gasteiger partial charge on any atom is -0.384 e. The molecule has 0 radical (unpaired) electrons. The van der Waals surface area contributed by atoms with Crippen molar-refractivity contribution < 1.29 is 5.11 Å². The average Bonchev–Trinajstić information content (AvgIpc) is 3.06. The second kappa shape index (κ2) is 8.18. The number of halogens is 1. The van der Waals surface area contributed by atoms with E-state index in [0.717, 1.165) is 32.8 Å². The summed E-state index contributed by atoms with van der Waals surface area (Å²) in [4.78, 5) is 18.2. The molecular formula is C22H20ClN5OS. The molecule has 0 aliphatic carbocycles. The minimum absolute atomic E-state index is 0.588. The smallest absolute Gasteiger partial charge is 0.159 e. The first-order chi connectivity index (χ1) is 14.3. The summed E-state index contributed by atoms with van der Waals surface area (Å²) in [6, 6.07) is 13.2. The lowest BCUT2D eigenvalue weighted by Crippen LogP contribution is -2.17. The Balaban J connectivity index is 1.82. The van der Waals surface area contributed by atoms with Gasteiger partial charge in [0.15, 0.2) is 5.82 Å². The van der Waals surface area contributed by atoms with E-state index in [1.54, 1.807) is 32.4 Å². The molecule has 0 aromatic carbocycles. The van der Waals surface area contributed by atoms with Crippen LogP contribution < -0.4 is 0 Å². The first-order valence-electron chi connectivity index (χ1n) is 9.30. The number of hydrogen-bond donors (Lipinski definition) is 1. The fourth-order valence-electron chi connectivity index (χ4n) is 2.93. The van der Waals surface area contributed by atoms with Gasteiger partial charge in [-0.1, -0.05) is 17.7 Å². The van der Waals surface area contributed by atoms with Gasteiger partial charge in [0.25, 0.3) is 0 Å². The number of aliphatic hydroxyl groups is 1. The Labute approximate surface area is 184 Å². The monoisotopic (exact) mass is 437 g/mol. The summed E-state index contributed by atoms with van der Waals surface area (Å²) in [6.45, 7) is 3.42. The van der Waals surface area contributed by atoms with Gasteiger partial charge in [-0.25, -0.2) is 9.97 Å². The third kappa shape index (κ3) is 4.23. The summed E-state index contributed by atoms with van der Waals surface area (Å²) in [7, 11) is 1.96. The average molecular weight is 438 g/mol. The van der Waals surface area contributed by atoms with Crippen molar-refractivity contribution in [2.45, 2.75) is 29.5 Å². The molecule has 152 valence electrons. The van der Waals surface area contributed by atoms with Crippen LogP contribution in [0.3, 0.4) is 0 Å². The zero-order valence-corrected chi connectivity index (χ0v) is 18.3. The zero-order valence-electron chi connectivity index (χ0n) is 16.7. The molecule has 0 saturated heterocycles. The summed E-state index contributed by atoms with van der Waals surface area (Å²) in [6.07, 6.45) is 5.10. The molecule has 4 heterocycles. The fraction of sp³-hybridized carbons (Fsp3) is 0.182. The van der Waals surface area contributed by atoms with Crippen molar-refractivity contribution in [1.82, 2.24) is 24.5 Å². The van der Waals surface area contributed by atoms with E-state index in [9.17, 15) is 5.11 Å². The fourth-order valence-corrected chi connectivity index (χ4v) is 3.97. The predicted octanol–water partition coefficient (Wildman–Crippen LogP) is 4.97. The highest BCUT2D eigenvalue weighted by molar-refractivity contribution is 7.99. The van der Waals surface area contributed by atoms with E-state index in [0.29, 0.717) is 10.7 Å². The molecule has 4 rings (SSSR count). The van der Waals surface area contributed by atoms with Gasteiger partial charge in [0.05, 0.1) is 10.7 Å². The Morgan fingerprint density at radius 2 is 1.83 bits per heavy atom. The van der Waals surface area contributed by atoms with E-state index in [-0.39, 0.29) is 0 Å². The van der Waals surface area contributed by atoms with E-state index < -0.39 is 5.60 Å². The van der Waals surface area contributed by atoms with Crippen LogP contribution in [0.4, 0.5) is 0 Å². The molecule has 0 unspecified atom stereocenters. The summed E-state index contributed by atoms with van der Waals surface area (Å²) < 4.78 is 2.00. The van der Waals surface area contributed by atoms with E-state index >= 15 is 0 Å². The molecule has 0 spiro atoms. The van der Waals surface area contributed by atoms with E-state index in [2.05, 4.69) is 15.0 Å². The van der Waals surface area contributed by atoms with E-state index in [1.165, 1.54) is 11.8 Å². The lowest BCUT2D eigenvalue weighted by atomic mass is 10.0. The molecule has 4 aromatic rings. The molecule has 8 heteroatoms. The number of pyridine rings is 3. The van der Waals surface area contributed by atoms with Gasteiger partial charge in [-0.05, 0) is 62.0 Å². The van der Waals surface area contributed by atoms with Gasteiger partial charge in [0.1, 0.15) is 27.0 Å². The largest absolute Gasteiger partial charge is 0.384 e. The van der Waals surface area contributed by atoms with Crippen LogP contribution in [0, 0.1) is 0 Å². The third-order valence-corrected chi connectivity index (χ3v) is 5.84. The van der Waals surface area contributed by atoms with Crippen LogP contribution in [0.25, 0.3) is 22.8 Å². The predicted molar refractivity (Wildman–Crippen MR) is 118 cm³/mol. The number of nitrogens with zero attached hydrogens (tertiary/aromatic N) is 5. The SMILES string of the molecule is Cn1c(-c2ccccn2)nc(-c2ccc(C(C)(C)O)nc2)c1Sc1ccc(Cl)cn1. The second-order valence-electron chi connectivity index (χ2n) is 7.27. The molecular weight excluding hydrogens is 418 g/mol.